The smallest absolute Gasteiger partial charge is 0.244 e. The van der Waals surface area contributed by atoms with Crippen molar-refractivity contribution in [2.75, 3.05) is 17.7 Å². The van der Waals surface area contributed by atoms with Crippen LogP contribution in [0.4, 0.5) is 5.82 Å². The van der Waals surface area contributed by atoms with Crippen LogP contribution in [0, 0.1) is 18.3 Å². The molecule has 8 heteroatoms. The lowest BCUT2D eigenvalue weighted by atomic mass is 10.1. The van der Waals surface area contributed by atoms with Gasteiger partial charge in [-0.15, -0.1) is 0 Å². The first-order valence-corrected chi connectivity index (χ1v) is 11.4. The minimum Gasteiger partial charge on any atom is -0.344 e. The van der Waals surface area contributed by atoms with E-state index in [9.17, 15) is 14.3 Å². The molecule has 2 aliphatic rings. The minimum atomic E-state index is -1.04. The number of aromatic nitrogens is 2. The zero-order valence-corrected chi connectivity index (χ0v) is 17.5. The average molecular weight is 412 g/mol. The second-order valence-electron chi connectivity index (χ2n) is 7.99. The third-order valence-corrected chi connectivity index (χ3v) is 6.99. The molecule has 2 aromatic rings. The Balaban J connectivity index is 1.63. The predicted molar refractivity (Wildman–Crippen MR) is 112 cm³/mol. The van der Waals surface area contributed by atoms with Crippen LogP contribution in [0.1, 0.15) is 30.5 Å². The Morgan fingerprint density at radius 2 is 2.10 bits per heavy atom. The van der Waals surface area contributed by atoms with Gasteiger partial charge in [0, 0.05) is 29.7 Å². The van der Waals surface area contributed by atoms with E-state index >= 15 is 0 Å². The van der Waals surface area contributed by atoms with Gasteiger partial charge in [0.25, 0.3) is 0 Å². The van der Waals surface area contributed by atoms with Crippen LogP contribution in [0.5, 0.6) is 0 Å². The second-order valence-corrected chi connectivity index (χ2v) is 9.66. The van der Waals surface area contributed by atoms with Crippen molar-refractivity contribution in [3.05, 3.63) is 47.7 Å². The number of carbonyl (C=O) groups excluding carboxylic acids is 1. The van der Waals surface area contributed by atoms with Crippen LogP contribution >= 0.6 is 0 Å². The van der Waals surface area contributed by atoms with Crippen LogP contribution in [0.3, 0.4) is 0 Å². The Morgan fingerprint density at radius 1 is 1.38 bits per heavy atom. The van der Waals surface area contributed by atoms with Gasteiger partial charge in [0.1, 0.15) is 17.4 Å². The van der Waals surface area contributed by atoms with Crippen LogP contribution < -0.4 is 10.2 Å². The van der Waals surface area contributed by atoms with E-state index in [1.165, 1.54) is 0 Å². The summed E-state index contributed by atoms with van der Waals surface area (Å²) in [5.41, 5.74) is 1.27. The molecule has 0 radical (unpaired) electrons. The number of hydrogen-bond donors (Lipinski definition) is 1. The molecule has 1 aliphatic carbocycles. The number of nitriles is 1. The Bertz CT molecular complexity index is 977. The molecular weight excluding hydrogens is 386 g/mol. The van der Waals surface area contributed by atoms with Crippen molar-refractivity contribution < 1.29 is 9.00 Å². The molecule has 4 rings (SSSR count). The summed E-state index contributed by atoms with van der Waals surface area (Å²) >= 11 is 0. The van der Waals surface area contributed by atoms with Crippen molar-refractivity contribution in [1.82, 2.24) is 15.1 Å². The first-order valence-electron chi connectivity index (χ1n) is 9.81. The number of benzene rings is 1. The van der Waals surface area contributed by atoms with Gasteiger partial charge in [-0.1, -0.05) is 30.3 Å². The highest BCUT2D eigenvalue weighted by atomic mass is 32.2. The number of hydrogen-bond acceptors (Lipinski definition) is 5. The SMILES string of the molecule is Cc1cc(N2C[C@H](S(C)=O)C[C@H]2C(=O)NC2(C#N)CC2)n(Cc2ccccc2)n1. The van der Waals surface area contributed by atoms with Gasteiger partial charge in [-0.25, -0.2) is 4.68 Å². The van der Waals surface area contributed by atoms with Gasteiger partial charge < -0.3 is 10.2 Å². The molecule has 7 nitrogen and oxygen atoms in total. The van der Waals surface area contributed by atoms with Gasteiger partial charge in [0.2, 0.25) is 5.91 Å². The van der Waals surface area contributed by atoms with Crippen molar-refractivity contribution in [1.29, 1.82) is 5.26 Å². The summed E-state index contributed by atoms with van der Waals surface area (Å²) in [4.78, 5) is 15.1. The molecule has 2 heterocycles. The summed E-state index contributed by atoms with van der Waals surface area (Å²) in [5, 5.41) is 16.8. The summed E-state index contributed by atoms with van der Waals surface area (Å²) in [6.07, 6.45) is 3.58. The summed E-state index contributed by atoms with van der Waals surface area (Å²) in [6, 6.07) is 13.8. The van der Waals surface area contributed by atoms with E-state index in [2.05, 4.69) is 16.5 Å². The number of nitrogens with one attached hydrogen (secondary N) is 1. The number of rotatable bonds is 6. The first-order chi connectivity index (χ1) is 13.9. The lowest BCUT2D eigenvalue weighted by Crippen LogP contribution is -2.48. The molecule has 3 atom stereocenters. The highest BCUT2D eigenvalue weighted by molar-refractivity contribution is 7.84. The lowest BCUT2D eigenvalue weighted by Gasteiger charge is -2.27. The number of amides is 1. The molecule has 1 aromatic heterocycles. The maximum atomic E-state index is 13.1. The van der Waals surface area contributed by atoms with Crippen LogP contribution in [0.2, 0.25) is 0 Å². The molecule has 1 aliphatic heterocycles. The molecule has 1 aromatic carbocycles. The topological polar surface area (TPSA) is 91.0 Å². The van der Waals surface area contributed by atoms with Crippen LogP contribution in [-0.4, -0.2) is 49.5 Å². The van der Waals surface area contributed by atoms with Gasteiger partial charge in [-0.2, -0.15) is 10.4 Å². The standard InChI is InChI=1S/C21H25N5O2S/c1-15-10-19(26(24-15)12-16-6-4-3-5-7-16)25-13-17(29(2)28)11-18(25)20(27)23-21(14-22)8-9-21/h3-7,10,17-18H,8-9,11-13H2,1-2H3,(H,23,27)/t17-,18+,29?/m1/s1. The molecule has 1 saturated carbocycles. The molecule has 1 amide bonds. The van der Waals surface area contributed by atoms with Crippen LogP contribution in [0.15, 0.2) is 36.4 Å². The number of nitrogens with zero attached hydrogens (tertiary/aromatic N) is 4. The number of aryl methyl sites for hydroxylation is 1. The second kappa shape index (κ2) is 7.64. The van der Waals surface area contributed by atoms with E-state index in [0.717, 1.165) is 17.1 Å². The van der Waals surface area contributed by atoms with Gasteiger partial charge in [0.15, 0.2) is 0 Å². The fourth-order valence-corrected chi connectivity index (χ4v) is 4.71. The van der Waals surface area contributed by atoms with Crippen molar-refractivity contribution in [2.45, 2.75) is 49.6 Å². The van der Waals surface area contributed by atoms with E-state index in [1.807, 2.05) is 52.9 Å². The van der Waals surface area contributed by atoms with Crippen LogP contribution in [-0.2, 0) is 22.1 Å². The summed E-state index contributed by atoms with van der Waals surface area (Å²) in [5.74, 6) is 0.684. The maximum Gasteiger partial charge on any atom is 0.244 e. The maximum absolute atomic E-state index is 13.1. The first kappa shape index (κ1) is 19.6. The highest BCUT2D eigenvalue weighted by Crippen LogP contribution is 2.36. The van der Waals surface area contributed by atoms with E-state index in [1.54, 1.807) is 6.26 Å². The molecule has 1 unspecified atom stereocenters. The predicted octanol–water partition coefficient (Wildman–Crippen LogP) is 1.74. The number of anilines is 1. The third kappa shape index (κ3) is 4.06. The lowest BCUT2D eigenvalue weighted by molar-refractivity contribution is -0.122. The minimum absolute atomic E-state index is 0.0941. The fraction of sp³-hybridized carbons (Fsp3) is 0.476. The van der Waals surface area contributed by atoms with Crippen molar-refractivity contribution in [2.24, 2.45) is 0 Å². The van der Waals surface area contributed by atoms with Gasteiger partial charge in [0.05, 0.1) is 23.6 Å². The Hall–Kier alpha value is -2.66. The number of carbonyl (C=O) groups is 1. The van der Waals surface area contributed by atoms with Gasteiger partial charge >= 0.3 is 0 Å². The Morgan fingerprint density at radius 3 is 2.72 bits per heavy atom. The van der Waals surface area contributed by atoms with Gasteiger partial charge in [-0.3, -0.25) is 9.00 Å². The van der Waals surface area contributed by atoms with E-state index in [-0.39, 0.29) is 11.2 Å². The normalized spacial score (nSPS) is 23.4. The van der Waals surface area contributed by atoms with E-state index in [0.29, 0.717) is 32.4 Å². The Labute approximate surface area is 173 Å². The molecule has 2 fully saturated rings. The summed E-state index contributed by atoms with van der Waals surface area (Å²) in [7, 11) is -1.04. The molecule has 29 heavy (non-hydrogen) atoms. The average Bonchev–Trinajstić information content (AvgIpc) is 3.16. The molecular formula is C21H25N5O2S. The molecule has 152 valence electrons. The molecule has 0 spiro atoms. The molecule has 0 bridgehead atoms. The zero-order valence-electron chi connectivity index (χ0n) is 16.7. The molecule has 1 N–H and O–H groups in total. The fourth-order valence-electron chi connectivity index (χ4n) is 3.88. The van der Waals surface area contributed by atoms with E-state index in [4.69, 9.17) is 0 Å². The summed E-state index contributed by atoms with van der Waals surface area (Å²) < 4.78 is 14.1. The van der Waals surface area contributed by atoms with Crippen molar-refractivity contribution in [3.63, 3.8) is 0 Å². The van der Waals surface area contributed by atoms with Crippen molar-refractivity contribution in [3.8, 4) is 6.07 Å². The monoisotopic (exact) mass is 411 g/mol. The third-order valence-electron chi connectivity index (χ3n) is 5.71. The summed E-state index contributed by atoms with van der Waals surface area (Å²) in [6.45, 7) is 3.05. The zero-order chi connectivity index (χ0) is 20.6. The molecule has 1 saturated heterocycles. The quantitative estimate of drug-likeness (QED) is 0.782. The van der Waals surface area contributed by atoms with E-state index < -0.39 is 22.4 Å². The largest absolute Gasteiger partial charge is 0.344 e. The van der Waals surface area contributed by atoms with Crippen LogP contribution in [0.25, 0.3) is 0 Å². The Kier molecular flexibility index (Phi) is 5.17. The van der Waals surface area contributed by atoms with Crippen molar-refractivity contribution >= 4 is 22.5 Å². The van der Waals surface area contributed by atoms with Gasteiger partial charge in [-0.05, 0) is 31.7 Å². The highest BCUT2D eigenvalue weighted by Gasteiger charge is 2.48.